The molecule has 0 aromatic carbocycles. The van der Waals surface area contributed by atoms with Crippen molar-refractivity contribution in [3.8, 4) is 17.5 Å². The minimum absolute atomic E-state index is 0.292. The molecule has 1 atom stereocenters. The minimum Gasteiger partial charge on any atom is -0.462 e. The number of hydrogen-bond acceptors (Lipinski definition) is 5. The van der Waals surface area contributed by atoms with Crippen LogP contribution in [0.15, 0.2) is 30.4 Å². The summed E-state index contributed by atoms with van der Waals surface area (Å²) < 4.78 is 19.5. The minimum atomic E-state index is -1.87. The average Bonchev–Trinajstić information content (AvgIpc) is 2.77. The van der Waals surface area contributed by atoms with Gasteiger partial charge in [0.05, 0.1) is 17.2 Å². The lowest BCUT2D eigenvalue weighted by atomic mass is 9.78. The fourth-order valence-corrected chi connectivity index (χ4v) is 10.8. The molecule has 1 fully saturated rings. The van der Waals surface area contributed by atoms with Crippen LogP contribution in [-0.4, -0.2) is 54.7 Å². The third-order valence-electron chi connectivity index (χ3n) is 7.56. The third-order valence-corrected chi connectivity index (χ3v) is 13.8. The van der Waals surface area contributed by atoms with Crippen LogP contribution in [0.5, 0.6) is 6.01 Å². The number of halogens is 1. The van der Waals surface area contributed by atoms with Gasteiger partial charge < -0.3 is 9.64 Å². The van der Waals surface area contributed by atoms with Gasteiger partial charge >= 0.3 is 6.01 Å². The van der Waals surface area contributed by atoms with Crippen LogP contribution in [0.25, 0.3) is 10.9 Å². The van der Waals surface area contributed by atoms with Crippen molar-refractivity contribution in [1.82, 2.24) is 19.9 Å². The summed E-state index contributed by atoms with van der Waals surface area (Å²) in [4.78, 5) is 15.8. The second kappa shape index (κ2) is 10.5. The Morgan fingerprint density at radius 1 is 1.18 bits per heavy atom. The zero-order chi connectivity index (χ0) is 25.1. The Balaban J connectivity index is 1.89. The van der Waals surface area contributed by atoms with E-state index in [1.807, 2.05) is 20.0 Å². The first-order chi connectivity index (χ1) is 16.0. The van der Waals surface area contributed by atoms with E-state index in [9.17, 15) is 4.39 Å². The molecule has 0 bridgehead atoms. The van der Waals surface area contributed by atoms with Crippen LogP contribution in [-0.2, 0) is 0 Å². The van der Waals surface area contributed by atoms with Crippen molar-refractivity contribution >= 4 is 19.0 Å². The van der Waals surface area contributed by atoms with Gasteiger partial charge in [0.25, 0.3) is 0 Å². The molecule has 3 heterocycles. The molecule has 0 amide bonds. The lowest BCUT2D eigenvalue weighted by molar-refractivity contribution is 0.109. The molecule has 5 nitrogen and oxygen atoms in total. The monoisotopic (exact) mass is 482 g/mol. The number of pyridine rings is 1. The summed E-state index contributed by atoms with van der Waals surface area (Å²) >= 11 is 0. The molecular weight excluding hydrogens is 443 g/mol. The number of piperidine rings is 1. The zero-order valence-corrected chi connectivity index (χ0v) is 22.9. The SMILES string of the molecule is CC(C)[Si](C#Cc1nccc2nc(OC[C@]3(C)CN(C)CC/C3=C\F)ncc12)(C(C)C)C(C)C. The maximum atomic E-state index is 13.5. The first kappa shape index (κ1) is 26.3. The lowest BCUT2D eigenvalue weighted by Crippen LogP contribution is -2.44. The fourth-order valence-electron chi connectivity index (χ4n) is 5.65. The maximum Gasteiger partial charge on any atom is 0.316 e. The van der Waals surface area contributed by atoms with Gasteiger partial charge in [-0.3, -0.25) is 0 Å². The van der Waals surface area contributed by atoms with E-state index in [0.29, 0.717) is 41.4 Å². The van der Waals surface area contributed by atoms with E-state index in [-0.39, 0.29) is 0 Å². The van der Waals surface area contributed by atoms with Gasteiger partial charge in [0.1, 0.15) is 20.4 Å². The van der Waals surface area contributed by atoms with Gasteiger partial charge in [-0.1, -0.05) is 54.4 Å². The van der Waals surface area contributed by atoms with Gasteiger partial charge in [-0.25, -0.2) is 14.4 Å². The van der Waals surface area contributed by atoms with Crippen molar-refractivity contribution in [1.29, 1.82) is 0 Å². The number of nitrogens with zero attached hydrogens (tertiary/aromatic N) is 4. The van der Waals surface area contributed by atoms with Crippen LogP contribution in [0.3, 0.4) is 0 Å². The number of aromatic nitrogens is 3. The van der Waals surface area contributed by atoms with Crippen LogP contribution >= 0.6 is 0 Å². The molecule has 0 unspecified atom stereocenters. The first-order valence-electron chi connectivity index (χ1n) is 12.3. The van der Waals surface area contributed by atoms with E-state index in [4.69, 9.17) is 4.74 Å². The Kier molecular flexibility index (Phi) is 8.15. The topological polar surface area (TPSA) is 51.1 Å². The molecule has 3 rings (SSSR count). The summed E-state index contributed by atoms with van der Waals surface area (Å²) in [5.41, 5.74) is 7.22. The van der Waals surface area contributed by atoms with Crippen LogP contribution in [0.1, 0.15) is 60.6 Å². The molecule has 0 saturated carbocycles. The van der Waals surface area contributed by atoms with E-state index in [1.54, 1.807) is 12.4 Å². The van der Waals surface area contributed by atoms with E-state index in [1.165, 1.54) is 0 Å². The highest BCUT2D eigenvalue weighted by atomic mass is 28.3. The van der Waals surface area contributed by atoms with Crippen LogP contribution in [0.2, 0.25) is 16.6 Å². The summed E-state index contributed by atoms with van der Waals surface area (Å²) in [5.74, 6) is 3.43. The Hall–Kier alpha value is -2.30. The summed E-state index contributed by atoms with van der Waals surface area (Å²) in [6.07, 6.45) is 4.93. The second-order valence-corrected chi connectivity index (χ2v) is 16.4. The lowest BCUT2D eigenvalue weighted by Gasteiger charge is -2.39. The normalized spacial score (nSPS) is 20.9. The van der Waals surface area contributed by atoms with Crippen molar-refractivity contribution in [2.24, 2.45) is 5.41 Å². The van der Waals surface area contributed by atoms with Gasteiger partial charge in [-0.2, -0.15) is 4.98 Å². The van der Waals surface area contributed by atoms with Gasteiger partial charge in [0.2, 0.25) is 0 Å². The van der Waals surface area contributed by atoms with E-state index in [0.717, 1.165) is 35.9 Å². The van der Waals surface area contributed by atoms with Gasteiger partial charge in [-0.15, -0.1) is 5.54 Å². The number of ether oxygens (including phenoxy) is 1. The van der Waals surface area contributed by atoms with Gasteiger partial charge in [-0.05, 0) is 41.7 Å². The molecule has 1 aliphatic rings. The van der Waals surface area contributed by atoms with Crippen LogP contribution in [0.4, 0.5) is 4.39 Å². The molecule has 2 aromatic heterocycles. The largest absolute Gasteiger partial charge is 0.462 e. The van der Waals surface area contributed by atoms with Crippen LogP contribution < -0.4 is 4.74 Å². The third kappa shape index (κ3) is 5.18. The van der Waals surface area contributed by atoms with Crippen molar-refractivity contribution in [2.45, 2.75) is 71.5 Å². The molecule has 34 heavy (non-hydrogen) atoms. The quantitative estimate of drug-likeness (QED) is 0.364. The smallest absolute Gasteiger partial charge is 0.316 e. The zero-order valence-electron chi connectivity index (χ0n) is 21.9. The summed E-state index contributed by atoms with van der Waals surface area (Å²) in [7, 11) is 0.175. The van der Waals surface area contributed by atoms with Gasteiger partial charge in [0, 0.05) is 30.9 Å². The number of fused-ring (bicyclic) bond motifs is 1. The predicted molar refractivity (Wildman–Crippen MR) is 140 cm³/mol. The van der Waals surface area contributed by atoms with Crippen molar-refractivity contribution in [3.63, 3.8) is 0 Å². The van der Waals surface area contributed by atoms with Crippen molar-refractivity contribution in [3.05, 3.63) is 36.1 Å². The molecule has 7 heteroatoms. The Morgan fingerprint density at radius 3 is 2.47 bits per heavy atom. The molecule has 0 N–H and O–H groups in total. The Bertz CT molecular complexity index is 1080. The molecular formula is C27H39FN4OSi. The number of likely N-dealkylation sites (tertiary alicyclic amines) is 1. The molecule has 0 radical (unpaired) electrons. The molecule has 1 aliphatic heterocycles. The van der Waals surface area contributed by atoms with Crippen LogP contribution in [0, 0.1) is 16.9 Å². The molecule has 0 spiro atoms. The highest BCUT2D eigenvalue weighted by Gasteiger charge is 2.41. The number of rotatable bonds is 6. The highest BCUT2D eigenvalue weighted by Crippen LogP contribution is 2.41. The summed E-state index contributed by atoms with van der Waals surface area (Å²) in [6, 6.07) is 2.15. The fraction of sp³-hybridized carbons (Fsp3) is 0.593. The standard InChI is InChI=1S/C27H39FN4OSi/c1-19(2)34(20(3)4,21(5)6)14-11-24-23-16-30-26(31-25(23)9-12-29-24)33-18-27(7)17-32(8)13-10-22(27)15-28/h9,12,15-16,19-21H,10,13,17-18H2,1-8H3/b22-15+/t27-/m0/s1. The Morgan fingerprint density at radius 2 is 1.85 bits per heavy atom. The molecule has 2 aromatic rings. The van der Waals surface area contributed by atoms with Crippen molar-refractivity contribution in [2.75, 3.05) is 26.7 Å². The summed E-state index contributed by atoms with van der Waals surface area (Å²) in [6.45, 7) is 17.8. The van der Waals surface area contributed by atoms with E-state index < -0.39 is 13.5 Å². The molecule has 1 saturated heterocycles. The van der Waals surface area contributed by atoms with E-state index >= 15 is 0 Å². The van der Waals surface area contributed by atoms with E-state index in [2.05, 4.69) is 72.9 Å². The predicted octanol–water partition coefficient (Wildman–Crippen LogP) is 6.17. The molecule has 0 aliphatic carbocycles. The summed E-state index contributed by atoms with van der Waals surface area (Å²) in [5, 5.41) is 0.828. The Labute approximate surface area is 205 Å². The second-order valence-electron chi connectivity index (χ2n) is 10.9. The molecule has 184 valence electrons. The first-order valence-corrected chi connectivity index (χ1v) is 14.5. The average molecular weight is 483 g/mol. The van der Waals surface area contributed by atoms with Gasteiger partial charge in [0.15, 0.2) is 0 Å². The number of hydrogen-bond donors (Lipinski definition) is 0. The maximum absolute atomic E-state index is 13.5. The van der Waals surface area contributed by atoms with Crippen molar-refractivity contribution < 1.29 is 9.13 Å². The highest BCUT2D eigenvalue weighted by molar-refractivity contribution is 6.90.